The fraction of sp³-hybridized carbons (Fsp3) is 0.0833. The Morgan fingerprint density at radius 3 is 2.55 bits per heavy atom. The van der Waals surface area contributed by atoms with Gasteiger partial charge in [-0.3, -0.25) is 4.72 Å². The second kappa shape index (κ2) is 5.99. The van der Waals surface area contributed by atoms with Gasteiger partial charge >= 0.3 is 0 Å². The highest BCUT2D eigenvalue weighted by Gasteiger charge is 2.16. The van der Waals surface area contributed by atoms with Crippen molar-refractivity contribution in [3.8, 4) is 5.75 Å². The fourth-order valence-corrected chi connectivity index (χ4v) is 3.05. The van der Waals surface area contributed by atoms with Crippen LogP contribution in [0.2, 0.25) is 5.15 Å². The lowest BCUT2D eigenvalue weighted by Gasteiger charge is -2.10. The molecule has 0 spiro atoms. The Morgan fingerprint density at radius 1 is 1.30 bits per heavy atom. The topological polar surface area (TPSA) is 68.3 Å². The van der Waals surface area contributed by atoms with Crippen LogP contribution >= 0.6 is 27.5 Å². The van der Waals surface area contributed by atoms with Gasteiger partial charge in [-0.05, 0) is 46.3 Å². The molecule has 2 rings (SSSR count). The zero-order valence-corrected chi connectivity index (χ0v) is 13.5. The van der Waals surface area contributed by atoms with Crippen molar-refractivity contribution in [3.63, 3.8) is 0 Å². The van der Waals surface area contributed by atoms with Gasteiger partial charge in [0.2, 0.25) is 0 Å². The van der Waals surface area contributed by atoms with Crippen LogP contribution in [0.4, 0.5) is 5.69 Å². The number of hydrogen-bond acceptors (Lipinski definition) is 4. The summed E-state index contributed by atoms with van der Waals surface area (Å²) in [4.78, 5) is 3.96. The molecule has 20 heavy (non-hydrogen) atoms. The van der Waals surface area contributed by atoms with E-state index in [0.717, 1.165) is 0 Å². The summed E-state index contributed by atoms with van der Waals surface area (Å²) in [7, 11) is -2.22. The number of aromatic nitrogens is 1. The summed E-state index contributed by atoms with van der Waals surface area (Å²) in [5.74, 6) is 0.575. The minimum Gasteiger partial charge on any atom is -0.497 e. The van der Waals surface area contributed by atoms with Crippen LogP contribution in [-0.2, 0) is 10.0 Å². The van der Waals surface area contributed by atoms with Crippen LogP contribution in [0.5, 0.6) is 5.75 Å². The normalized spacial score (nSPS) is 11.2. The molecule has 0 radical (unpaired) electrons. The molecule has 0 amide bonds. The predicted octanol–water partition coefficient (Wildman–Crippen LogP) is 3.31. The first-order valence-electron chi connectivity index (χ1n) is 5.40. The molecular formula is C12H10BrClN2O3S. The third-order valence-corrected chi connectivity index (χ3v) is 4.54. The minimum absolute atomic E-state index is 0.0743. The van der Waals surface area contributed by atoms with Gasteiger partial charge in [0.1, 0.15) is 5.75 Å². The van der Waals surface area contributed by atoms with Crippen LogP contribution in [-0.4, -0.2) is 20.5 Å². The quantitative estimate of drug-likeness (QED) is 0.830. The Bertz CT molecular complexity index is 720. The number of sulfonamides is 1. The Kier molecular flexibility index (Phi) is 4.52. The van der Waals surface area contributed by atoms with Crippen LogP contribution in [0.15, 0.2) is 45.9 Å². The number of rotatable bonds is 4. The highest BCUT2D eigenvalue weighted by Crippen LogP contribution is 2.26. The van der Waals surface area contributed by atoms with E-state index >= 15 is 0 Å². The maximum atomic E-state index is 12.2. The van der Waals surface area contributed by atoms with Crippen molar-refractivity contribution < 1.29 is 13.2 Å². The number of anilines is 1. The van der Waals surface area contributed by atoms with Gasteiger partial charge in [0.15, 0.2) is 5.15 Å². The van der Waals surface area contributed by atoms with Gasteiger partial charge < -0.3 is 4.74 Å². The smallest absolute Gasteiger partial charge is 0.261 e. The molecule has 5 nitrogen and oxygen atoms in total. The zero-order valence-electron chi connectivity index (χ0n) is 10.3. The standard InChI is InChI=1S/C12H10BrClN2O3S/c1-19-9-2-4-10(5-3-9)20(17,18)16-11-6-8(13)7-15-12(11)14/h2-7,16H,1H3. The number of methoxy groups -OCH3 is 1. The molecule has 8 heteroatoms. The SMILES string of the molecule is COc1ccc(S(=O)(=O)Nc2cc(Br)cnc2Cl)cc1. The lowest BCUT2D eigenvalue weighted by Crippen LogP contribution is -2.13. The number of pyridine rings is 1. The molecule has 1 N–H and O–H groups in total. The molecule has 0 bridgehead atoms. The Balaban J connectivity index is 2.32. The minimum atomic E-state index is -3.73. The Hall–Kier alpha value is -1.31. The van der Waals surface area contributed by atoms with Crippen molar-refractivity contribution in [1.29, 1.82) is 0 Å². The van der Waals surface area contributed by atoms with Gasteiger partial charge in [-0.15, -0.1) is 0 Å². The second-order valence-corrected chi connectivity index (χ2v) is 6.73. The summed E-state index contributed by atoms with van der Waals surface area (Å²) in [6.45, 7) is 0. The average Bonchev–Trinajstić information content (AvgIpc) is 2.43. The van der Waals surface area contributed by atoms with Gasteiger partial charge in [-0.1, -0.05) is 11.6 Å². The van der Waals surface area contributed by atoms with Crippen molar-refractivity contribution >= 4 is 43.2 Å². The van der Waals surface area contributed by atoms with E-state index in [4.69, 9.17) is 16.3 Å². The van der Waals surface area contributed by atoms with Crippen LogP contribution < -0.4 is 9.46 Å². The molecule has 2 aromatic rings. The number of benzene rings is 1. The van der Waals surface area contributed by atoms with E-state index in [9.17, 15) is 8.42 Å². The highest BCUT2D eigenvalue weighted by atomic mass is 79.9. The Labute approximate surface area is 130 Å². The number of nitrogens with zero attached hydrogens (tertiary/aromatic N) is 1. The molecule has 0 aliphatic rings. The number of nitrogens with one attached hydrogen (secondary N) is 1. The van der Waals surface area contributed by atoms with Gasteiger partial charge in [-0.2, -0.15) is 0 Å². The van der Waals surface area contributed by atoms with Crippen LogP contribution in [0.1, 0.15) is 0 Å². The number of hydrogen-bond donors (Lipinski definition) is 1. The molecule has 0 fully saturated rings. The van der Waals surface area contributed by atoms with E-state index in [1.165, 1.54) is 31.5 Å². The number of halogens is 2. The molecule has 0 aliphatic heterocycles. The summed E-state index contributed by atoms with van der Waals surface area (Å²) in [6, 6.07) is 7.56. The molecule has 1 aromatic heterocycles. The first-order chi connectivity index (χ1) is 9.42. The zero-order chi connectivity index (χ0) is 14.8. The molecule has 106 valence electrons. The largest absolute Gasteiger partial charge is 0.497 e. The average molecular weight is 378 g/mol. The molecule has 0 saturated heterocycles. The first kappa shape index (κ1) is 15.1. The summed E-state index contributed by atoms with van der Waals surface area (Å²) in [5.41, 5.74) is 0.205. The molecule has 0 aliphatic carbocycles. The third-order valence-electron chi connectivity index (χ3n) is 2.42. The van der Waals surface area contributed by atoms with Gasteiger partial charge in [-0.25, -0.2) is 13.4 Å². The predicted molar refractivity (Wildman–Crippen MR) is 80.7 cm³/mol. The molecule has 0 unspecified atom stereocenters. The van der Waals surface area contributed by atoms with Crippen molar-refractivity contribution in [1.82, 2.24) is 4.98 Å². The number of ether oxygens (including phenoxy) is 1. The highest BCUT2D eigenvalue weighted by molar-refractivity contribution is 9.10. The van der Waals surface area contributed by atoms with Crippen LogP contribution in [0, 0.1) is 0 Å². The maximum Gasteiger partial charge on any atom is 0.261 e. The molecular weight excluding hydrogens is 368 g/mol. The lowest BCUT2D eigenvalue weighted by molar-refractivity contribution is 0.414. The van der Waals surface area contributed by atoms with E-state index in [1.54, 1.807) is 12.1 Å². The van der Waals surface area contributed by atoms with E-state index < -0.39 is 10.0 Å². The molecule has 0 saturated carbocycles. The first-order valence-corrected chi connectivity index (χ1v) is 8.06. The van der Waals surface area contributed by atoms with E-state index in [2.05, 4.69) is 25.6 Å². The lowest BCUT2D eigenvalue weighted by atomic mass is 10.3. The van der Waals surface area contributed by atoms with Crippen LogP contribution in [0.3, 0.4) is 0 Å². The molecule has 1 heterocycles. The third kappa shape index (κ3) is 3.41. The van der Waals surface area contributed by atoms with E-state index in [0.29, 0.717) is 10.2 Å². The summed E-state index contributed by atoms with van der Waals surface area (Å²) < 4.78 is 32.4. The van der Waals surface area contributed by atoms with Crippen LogP contribution in [0.25, 0.3) is 0 Å². The van der Waals surface area contributed by atoms with Gasteiger partial charge in [0, 0.05) is 10.7 Å². The van der Waals surface area contributed by atoms with Gasteiger partial charge in [0.05, 0.1) is 17.7 Å². The Morgan fingerprint density at radius 2 is 1.95 bits per heavy atom. The van der Waals surface area contributed by atoms with Crippen molar-refractivity contribution in [2.24, 2.45) is 0 Å². The summed E-state index contributed by atoms with van der Waals surface area (Å²) in [5, 5.41) is 0.0743. The van der Waals surface area contributed by atoms with E-state index in [-0.39, 0.29) is 15.7 Å². The maximum absolute atomic E-state index is 12.2. The fourth-order valence-electron chi connectivity index (χ4n) is 1.45. The molecule has 1 aromatic carbocycles. The summed E-state index contributed by atoms with van der Waals surface area (Å²) in [6.07, 6.45) is 1.48. The monoisotopic (exact) mass is 376 g/mol. The summed E-state index contributed by atoms with van der Waals surface area (Å²) >= 11 is 9.06. The van der Waals surface area contributed by atoms with Crippen molar-refractivity contribution in [3.05, 3.63) is 46.2 Å². The van der Waals surface area contributed by atoms with E-state index in [1.807, 2.05) is 0 Å². The van der Waals surface area contributed by atoms with Crippen molar-refractivity contribution in [2.45, 2.75) is 4.90 Å². The van der Waals surface area contributed by atoms with Gasteiger partial charge in [0.25, 0.3) is 10.0 Å². The van der Waals surface area contributed by atoms with Crippen molar-refractivity contribution in [2.75, 3.05) is 11.8 Å². The molecule has 0 atom stereocenters. The second-order valence-electron chi connectivity index (χ2n) is 3.77.